The molecule has 1 atom stereocenters. The molecule has 182 valence electrons. The van der Waals surface area contributed by atoms with Gasteiger partial charge in [-0.25, -0.2) is 17.8 Å². The number of nitrogens with one attached hydrogen (secondary N) is 2. The molecule has 2 aromatic carbocycles. The van der Waals surface area contributed by atoms with Gasteiger partial charge in [-0.2, -0.15) is 4.37 Å². The number of ketones is 1. The number of hydrogen-bond acceptors (Lipinski definition) is 7. The van der Waals surface area contributed by atoms with Crippen LogP contribution in [0, 0.1) is 5.82 Å². The summed E-state index contributed by atoms with van der Waals surface area (Å²) in [6, 6.07) is 12.5. The summed E-state index contributed by atoms with van der Waals surface area (Å²) in [6.45, 7) is 3.16. The first kappa shape index (κ1) is 23.6. The number of piperidine rings is 1. The second-order valence-corrected chi connectivity index (χ2v) is 11.1. The predicted molar refractivity (Wildman–Crippen MR) is 133 cm³/mol. The zero-order chi connectivity index (χ0) is 24.6. The fourth-order valence-corrected chi connectivity index (χ4v) is 6.55. The number of carbonyl (C=O) groups is 1. The molecule has 0 radical (unpaired) electrons. The maximum Gasteiger partial charge on any atom is 0.263 e. The molecule has 0 spiro atoms. The van der Waals surface area contributed by atoms with Gasteiger partial charge in [-0.15, -0.1) is 0 Å². The van der Waals surface area contributed by atoms with Crippen molar-refractivity contribution >= 4 is 43.4 Å². The van der Waals surface area contributed by atoms with Gasteiger partial charge in [-0.3, -0.25) is 9.52 Å². The van der Waals surface area contributed by atoms with Crippen molar-refractivity contribution in [3.05, 3.63) is 72.4 Å². The van der Waals surface area contributed by atoms with Crippen LogP contribution in [0.5, 0.6) is 0 Å². The summed E-state index contributed by atoms with van der Waals surface area (Å²) in [5.41, 5.74) is 0.649. The highest BCUT2D eigenvalue weighted by Crippen LogP contribution is 2.39. The van der Waals surface area contributed by atoms with E-state index in [1.165, 1.54) is 24.5 Å². The molecule has 0 bridgehead atoms. The average molecular weight is 514 g/mol. The van der Waals surface area contributed by atoms with E-state index in [9.17, 15) is 17.6 Å². The third-order valence-electron chi connectivity index (χ3n) is 6.74. The van der Waals surface area contributed by atoms with Crippen LogP contribution in [0.2, 0.25) is 0 Å². The van der Waals surface area contributed by atoms with Gasteiger partial charge < -0.3 is 9.88 Å². The number of fused-ring (bicyclic) bond motifs is 1. The van der Waals surface area contributed by atoms with Crippen LogP contribution in [0.1, 0.15) is 31.4 Å². The van der Waals surface area contributed by atoms with E-state index in [0.29, 0.717) is 36.8 Å². The Morgan fingerprint density at radius 2 is 1.91 bits per heavy atom. The molecule has 1 aliphatic rings. The van der Waals surface area contributed by atoms with Crippen molar-refractivity contribution in [1.82, 2.24) is 19.2 Å². The highest BCUT2D eigenvalue weighted by atomic mass is 32.2. The van der Waals surface area contributed by atoms with Crippen LogP contribution in [0.25, 0.3) is 10.9 Å². The Morgan fingerprint density at radius 3 is 2.60 bits per heavy atom. The van der Waals surface area contributed by atoms with Gasteiger partial charge >= 0.3 is 0 Å². The van der Waals surface area contributed by atoms with Crippen molar-refractivity contribution in [2.24, 2.45) is 0 Å². The SMILES string of the molecule is C[C@H](C(=O)C1(c2ccc(S(=O)(=O)Nc3ncns3)cc2)CCNCC1)n1ccc2c(F)cccc21. The Labute approximate surface area is 206 Å². The largest absolute Gasteiger partial charge is 0.337 e. The second kappa shape index (κ2) is 9.14. The number of sulfonamides is 1. The zero-order valence-corrected chi connectivity index (χ0v) is 20.6. The molecule has 1 fully saturated rings. The van der Waals surface area contributed by atoms with Gasteiger partial charge in [-0.1, -0.05) is 18.2 Å². The number of nitrogens with zero attached hydrogens (tertiary/aromatic N) is 3. The minimum Gasteiger partial charge on any atom is -0.337 e. The lowest BCUT2D eigenvalue weighted by Crippen LogP contribution is -2.47. The van der Waals surface area contributed by atoms with E-state index in [2.05, 4.69) is 19.4 Å². The molecule has 0 saturated carbocycles. The summed E-state index contributed by atoms with van der Waals surface area (Å²) in [7, 11) is -3.83. The van der Waals surface area contributed by atoms with Gasteiger partial charge in [0.25, 0.3) is 10.0 Å². The van der Waals surface area contributed by atoms with Crippen molar-refractivity contribution < 1.29 is 17.6 Å². The minimum absolute atomic E-state index is 0.0170. The molecule has 8 nitrogen and oxygen atoms in total. The number of benzene rings is 2. The van der Waals surface area contributed by atoms with E-state index >= 15 is 0 Å². The van der Waals surface area contributed by atoms with E-state index in [1.807, 2.05) is 17.6 Å². The molecular formula is C24H24FN5O3S2. The molecule has 5 rings (SSSR count). The Morgan fingerprint density at radius 1 is 1.17 bits per heavy atom. The number of anilines is 1. The van der Waals surface area contributed by atoms with Crippen LogP contribution in [-0.2, 0) is 20.2 Å². The summed E-state index contributed by atoms with van der Waals surface area (Å²) < 4.78 is 47.7. The van der Waals surface area contributed by atoms with Crippen LogP contribution >= 0.6 is 11.5 Å². The second-order valence-electron chi connectivity index (χ2n) is 8.64. The lowest BCUT2D eigenvalue weighted by atomic mass is 9.68. The number of Topliss-reactive ketones (excluding diaryl/α,β-unsaturated/α-hetero) is 1. The fourth-order valence-electron chi connectivity index (χ4n) is 4.89. The molecule has 0 unspecified atom stereocenters. The quantitative estimate of drug-likeness (QED) is 0.389. The standard InChI is InChI=1S/C24H24FN5O3S2/c1-16(30-14-9-19-20(25)3-2-4-21(19)30)22(31)24(10-12-26-13-11-24)17-5-7-18(8-6-17)35(32,33)29-23-27-15-28-34-23/h2-9,14-16,26H,10-13H2,1H3,(H,27,28,29)/t16-/m1/s1. The molecule has 2 N–H and O–H groups in total. The van der Waals surface area contributed by atoms with Crippen molar-refractivity contribution in [3.8, 4) is 0 Å². The van der Waals surface area contributed by atoms with E-state index in [4.69, 9.17) is 0 Å². The third kappa shape index (κ3) is 4.24. The van der Waals surface area contributed by atoms with Crippen molar-refractivity contribution in [1.29, 1.82) is 0 Å². The van der Waals surface area contributed by atoms with Gasteiger partial charge in [0.15, 0.2) is 5.78 Å². The summed E-state index contributed by atoms with van der Waals surface area (Å²) in [6.07, 6.45) is 4.19. The van der Waals surface area contributed by atoms with Crippen LogP contribution in [-0.4, -0.2) is 41.2 Å². The molecule has 35 heavy (non-hydrogen) atoms. The highest BCUT2D eigenvalue weighted by Gasteiger charge is 2.43. The van der Waals surface area contributed by atoms with Crippen molar-refractivity contribution in [3.63, 3.8) is 0 Å². The fraction of sp³-hybridized carbons (Fsp3) is 0.292. The number of rotatable bonds is 7. The molecule has 0 amide bonds. The summed E-state index contributed by atoms with van der Waals surface area (Å²) in [5.74, 6) is -0.306. The molecule has 1 saturated heterocycles. The summed E-state index contributed by atoms with van der Waals surface area (Å²) in [4.78, 5) is 18.0. The summed E-state index contributed by atoms with van der Waals surface area (Å²) in [5, 5.41) is 3.97. The molecule has 0 aliphatic carbocycles. The first-order chi connectivity index (χ1) is 16.8. The Balaban J connectivity index is 1.48. The average Bonchev–Trinajstić information content (AvgIpc) is 3.54. The predicted octanol–water partition coefficient (Wildman–Crippen LogP) is 3.88. The first-order valence-corrected chi connectivity index (χ1v) is 13.5. The number of aromatic nitrogens is 3. The van der Waals surface area contributed by atoms with Crippen LogP contribution in [0.3, 0.4) is 0 Å². The topological polar surface area (TPSA) is 106 Å². The number of halogens is 1. The lowest BCUT2D eigenvalue weighted by Gasteiger charge is -2.39. The van der Waals surface area contributed by atoms with E-state index < -0.39 is 21.5 Å². The van der Waals surface area contributed by atoms with Crippen molar-refractivity contribution in [2.75, 3.05) is 17.8 Å². The number of carbonyl (C=O) groups excluding carboxylic acids is 1. The Hall–Kier alpha value is -3.15. The normalized spacial score (nSPS) is 16.7. The number of hydrogen-bond donors (Lipinski definition) is 2. The Bertz CT molecular complexity index is 1460. The maximum absolute atomic E-state index is 14.2. The molecule has 1 aliphatic heterocycles. The molecule has 2 aromatic heterocycles. The first-order valence-electron chi connectivity index (χ1n) is 11.2. The van der Waals surface area contributed by atoms with Crippen LogP contribution in [0.15, 0.2) is 66.0 Å². The Kier molecular flexibility index (Phi) is 6.16. The molecule has 4 aromatic rings. The molecular weight excluding hydrogens is 489 g/mol. The van der Waals surface area contributed by atoms with Crippen LogP contribution < -0.4 is 10.0 Å². The smallest absolute Gasteiger partial charge is 0.263 e. The lowest BCUT2D eigenvalue weighted by molar-refractivity contribution is -0.128. The van der Waals surface area contributed by atoms with Gasteiger partial charge in [0, 0.05) is 23.1 Å². The van der Waals surface area contributed by atoms with Crippen molar-refractivity contribution in [2.45, 2.75) is 36.1 Å². The van der Waals surface area contributed by atoms with Gasteiger partial charge in [0.1, 0.15) is 12.1 Å². The van der Waals surface area contributed by atoms with E-state index in [0.717, 1.165) is 17.1 Å². The van der Waals surface area contributed by atoms with Gasteiger partial charge in [0.2, 0.25) is 5.13 Å². The third-order valence-corrected chi connectivity index (χ3v) is 8.80. The maximum atomic E-state index is 14.2. The van der Waals surface area contributed by atoms with E-state index in [-0.39, 0.29) is 21.6 Å². The minimum atomic E-state index is -3.83. The molecule has 11 heteroatoms. The monoisotopic (exact) mass is 513 g/mol. The van der Waals surface area contributed by atoms with Gasteiger partial charge in [-0.05, 0) is 68.8 Å². The highest BCUT2D eigenvalue weighted by molar-refractivity contribution is 7.93. The van der Waals surface area contributed by atoms with E-state index in [1.54, 1.807) is 30.5 Å². The summed E-state index contributed by atoms with van der Waals surface area (Å²) >= 11 is 0.948. The van der Waals surface area contributed by atoms with Crippen LogP contribution in [0.4, 0.5) is 9.52 Å². The zero-order valence-electron chi connectivity index (χ0n) is 18.9. The van der Waals surface area contributed by atoms with Gasteiger partial charge in [0.05, 0.1) is 21.9 Å². The molecule has 3 heterocycles.